The second kappa shape index (κ2) is 8.57. The van der Waals surface area contributed by atoms with E-state index in [1.165, 1.54) is 21.3 Å². The Balaban J connectivity index is 1.81. The molecule has 0 fully saturated rings. The van der Waals surface area contributed by atoms with E-state index in [1.54, 1.807) is 12.1 Å². The monoisotopic (exact) mass is 429 g/mol. The molecule has 2 N–H and O–H groups in total. The normalized spacial score (nSPS) is 17.4. The predicted molar refractivity (Wildman–Crippen MR) is 119 cm³/mol. The largest absolute Gasteiger partial charge is 0.507 e. The summed E-state index contributed by atoms with van der Waals surface area (Å²) in [6.07, 6.45) is 1.59. The number of aromatic hydroxyl groups is 1. The maximum Gasteiger partial charge on any atom is 0.228 e. The molecule has 1 aliphatic heterocycles. The first kappa shape index (κ1) is 22.6. The van der Waals surface area contributed by atoms with Crippen LogP contribution in [0.2, 0.25) is 0 Å². The van der Waals surface area contributed by atoms with Gasteiger partial charge in [0.15, 0.2) is 11.5 Å². The third kappa shape index (κ3) is 4.22. The highest BCUT2D eigenvalue weighted by atomic mass is 16.5. The van der Waals surface area contributed by atoms with Gasteiger partial charge in [-0.1, -0.05) is 0 Å². The average Bonchev–Trinajstić information content (AvgIpc) is 2.74. The first-order valence-electron chi connectivity index (χ1n) is 10.2. The highest BCUT2D eigenvalue weighted by molar-refractivity contribution is 5.92. The summed E-state index contributed by atoms with van der Waals surface area (Å²) in [6.45, 7) is 7.67. The van der Waals surface area contributed by atoms with Crippen LogP contribution in [0, 0.1) is 20.8 Å². The van der Waals surface area contributed by atoms with Gasteiger partial charge in [-0.3, -0.25) is 4.79 Å². The Kier molecular flexibility index (Phi) is 6.25. The van der Waals surface area contributed by atoms with E-state index in [4.69, 9.17) is 18.9 Å². The third-order valence-electron chi connectivity index (χ3n) is 6.08. The first-order chi connectivity index (χ1) is 14.6. The Hall–Kier alpha value is -3.09. The number of phenolic OH excluding ortho intramolecular Hbond substituents is 1. The summed E-state index contributed by atoms with van der Waals surface area (Å²) in [5, 5.41) is 13.3. The van der Waals surface area contributed by atoms with E-state index in [2.05, 4.69) is 5.32 Å². The summed E-state index contributed by atoms with van der Waals surface area (Å²) in [5.74, 6) is 2.32. The number of nitrogens with one attached hydrogen (secondary N) is 1. The minimum Gasteiger partial charge on any atom is -0.507 e. The van der Waals surface area contributed by atoms with Gasteiger partial charge in [0.1, 0.15) is 17.1 Å². The van der Waals surface area contributed by atoms with Gasteiger partial charge in [0.05, 0.1) is 27.8 Å². The van der Waals surface area contributed by atoms with Crippen LogP contribution in [-0.4, -0.2) is 37.9 Å². The number of hydrogen-bond acceptors (Lipinski definition) is 6. The van der Waals surface area contributed by atoms with Crippen molar-refractivity contribution in [3.05, 3.63) is 34.4 Å². The molecule has 7 nitrogen and oxygen atoms in total. The van der Waals surface area contributed by atoms with Gasteiger partial charge in [-0.15, -0.1) is 0 Å². The topological polar surface area (TPSA) is 86.3 Å². The molecular weight excluding hydrogens is 398 g/mol. The Morgan fingerprint density at radius 2 is 1.68 bits per heavy atom. The number of hydrogen-bond donors (Lipinski definition) is 2. The number of ether oxygens (including phenoxy) is 4. The number of carbonyl (C=O) groups excluding carboxylic acids is 1. The van der Waals surface area contributed by atoms with Crippen LogP contribution in [-0.2, 0) is 11.2 Å². The number of amides is 1. The molecule has 7 heteroatoms. The standard InChI is InChI=1S/C24H31NO6/c1-13-14(2)22-17(15(3)21(13)27)8-9-24(4,31-22)12-20(26)25-16-10-18(28-5)23(30-7)19(11-16)29-6/h10-11,27H,8-9,12H2,1-7H3,(H,25,26). The summed E-state index contributed by atoms with van der Waals surface area (Å²) in [5.41, 5.74) is 3.48. The van der Waals surface area contributed by atoms with Gasteiger partial charge in [0.2, 0.25) is 11.7 Å². The van der Waals surface area contributed by atoms with Crippen molar-refractivity contribution < 1.29 is 28.8 Å². The van der Waals surface area contributed by atoms with E-state index >= 15 is 0 Å². The molecule has 1 amide bonds. The van der Waals surface area contributed by atoms with Crippen LogP contribution in [0.5, 0.6) is 28.7 Å². The van der Waals surface area contributed by atoms with Crippen molar-refractivity contribution in [3.8, 4) is 28.7 Å². The van der Waals surface area contributed by atoms with Crippen molar-refractivity contribution >= 4 is 11.6 Å². The van der Waals surface area contributed by atoms with Crippen LogP contribution < -0.4 is 24.3 Å². The minimum absolute atomic E-state index is 0.176. The van der Waals surface area contributed by atoms with Crippen LogP contribution in [0.4, 0.5) is 5.69 Å². The van der Waals surface area contributed by atoms with Crippen LogP contribution >= 0.6 is 0 Å². The lowest BCUT2D eigenvalue weighted by atomic mass is 9.85. The molecule has 3 rings (SSSR count). The van der Waals surface area contributed by atoms with Gasteiger partial charge in [0.25, 0.3) is 0 Å². The average molecular weight is 430 g/mol. The Morgan fingerprint density at radius 3 is 2.23 bits per heavy atom. The maximum absolute atomic E-state index is 12.9. The number of anilines is 1. The van der Waals surface area contributed by atoms with E-state index in [1.807, 2.05) is 27.7 Å². The van der Waals surface area contributed by atoms with Crippen LogP contribution in [0.15, 0.2) is 12.1 Å². The van der Waals surface area contributed by atoms with Gasteiger partial charge in [0, 0.05) is 23.4 Å². The number of rotatable bonds is 6. The van der Waals surface area contributed by atoms with Crippen molar-refractivity contribution in [2.75, 3.05) is 26.6 Å². The Bertz CT molecular complexity index is 991. The van der Waals surface area contributed by atoms with Crippen molar-refractivity contribution in [2.45, 2.75) is 52.6 Å². The molecule has 1 unspecified atom stereocenters. The Labute approximate surface area is 183 Å². The fourth-order valence-electron chi connectivity index (χ4n) is 4.12. The molecular formula is C24H31NO6. The third-order valence-corrected chi connectivity index (χ3v) is 6.08. The molecule has 0 bridgehead atoms. The summed E-state index contributed by atoms with van der Waals surface area (Å²) in [6, 6.07) is 3.39. The second-order valence-electron chi connectivity index (χ2n) is 8.22. The smallest absolute Gasteiger partial charge is 0.228 e. The highest BCUT2D eigenvalue weighted by Crippen LogP contribution is 2.44. The molecule has 0 spiro atoms. The number of methoxy groups -OCH3 is 3. The lowest BCUT2D eigenvalue weighted by Crippen LogP contribution is -2.40. The fourth-order valence-corrected chi connectivity index (χ4v) is 4.12. The van der Waals surface area contributed by atoms with E-state index in [-0.39, 0.29) is 12.3 Å². The summed E-state index contributed by atoms with van der Waals surface area (Å²) in [7, 11) is 4.59. The number of fused-ring (bicyclic) bond motifs is 1. The number of carbonyl (C=O) groups is 1. The van der Waals surface area contributed by atoms with Crippen LogP contribution in [0.25, 0.3) is 0 Å². The molecule has 1 heterocycles. The lowest BCUT2D eigenvalue weighted by Gasteiger charge is -2.37. The van der Waals surface area contributed by atoms with Crippen molar-refractivity contribution in [1.29, 1.82) is 0 Å². The molecule has 168 valence electrons. The maximum atomic E-state index is 12.9. The predicted octanol–water partition coefficient (Wildman–Crippen LogP) is 4.46. The zero-order valence-electron chi connectivity index (χ0n) is 19.3. The SMILES string of the molecule is COc1cc(NC(=O)CC2(C)CCc3c(C)c(O)c(C)c(C)c3O2)cc(OC)c1OC. The summed E-state index contributed by atoms with van der Waals surface area (Å²) in [4.78, 5) is 12.9. The van der Waals surface area contributed by atoms with E-state index in [0.29, 0.717) is 35.1 Å². The van der Waals surface area contributed by atoms with Gasteiger partial charge in [-0.05, 0) is 57.2 Å². The molecule has 2 aromatic carbocycles. The Morgan fingerprint density at radius 1 is 1.06 bits per heavy atom. The molecule has 2 aromatic rings. The van der Waals surface area contributed by atoms with Gasteiger partial charge in [-0.2, -0.15) is 0 Å². The molecule has 1 atom stereocenters. The molecule has 0 saturated heterocycles. The molecule has 31 heavy (non-hydrogen) atoms. The van der Waals surface area contributed by atoms with E-state index in [9.17, 15) is 9.90 Å². The van der Waals surface area contributed by atoms with Crippen LogP contribution in [0.3, 0.4) is 0 Å². The lowest BCUT2D eigenvalue weighted by molar-refractivity contribution is -0.120. The zero-order valence-corrected chi connectivity index (χ0v) is 19.3. The van der Waals surface area contributed by atoms with Gasteiger partial charge >= 0.3 is 0 Å². The fraction of sp³-hybridized carbons (Fsp3) is 0.458. The zero-order chi connectivity index (χ0) is 22.9. The molecule has 1 aliphatic rings. The molecule has 0 aliphatic carbocycles. The summed E-state index contributed by atoms with van der Waals surface area (Å²) >= 11 is 0. The highest BCUT2D eigenvalue weighted by Gasteiger charge is 2.36. The number of benzene rings is 2. The first-order valence-corrected chi connectivity index (χ1v) is 10.2. The molecule has 0 aromatic heterocycles. The van der Waals surface area contributed by atoms with E-state index in [0.717, 1.165) is 34.4 Å². The van der Waals surface area contributed by atoms with Crippen molar-refractivity contribution in [1.82, 2.24) is 0 Å². The van der Waals surface area contributed by atoms with E-state index < -0.39 is 5.60 Å². The summed E-state index contributed by atoms with van der Waals surface area (Å²) < 4.78 is 22.4. The van der Waals surface area contributed by atoms with Crippen molar-refractivity contribution in [3.63, 3.8) is 0 Å². The van der Waals surface area contributed by atoms with Gasteiger partial charge in [-0.25, -0.2) is 0 Å². The quantitative estimate of drug-likeness (QED) is 0.705. The minimum atomic E-state index is -0.654. The molecule has 0 radical (unpaired) electrons. The second-order valence-corrected chi connectivity index (χ2v) is 8.22. The number of phenols is 1. The van der Waals surface area contributed by atoms with Crippen molar-refractivity contribution in [2.24, 2.45) is 0 Å². The van der Waals surface area contributed by atoms with Crippen LogP contribution in [0.1, 0.15) is 42.0 Å². The van der Waals surface area contributed by atoms with Gasteiger partial charge < -0.3 is 29.4 Å². The molecule has 0 saturated carbocycles.